The van der Waals surface area contributed by atoms with E-state index in [1.54, 1.807) is 25.4 Å². The van der Waals surface area contributed by atoms with E-state index in [0.29, 0.717) is 18.1 Å². The van der Waals surface area contributed by atoms with Gasteiger partial charge < -0.3 is 10.1 Å². The Labute approximate surface area is 113 Å². The van der Waals surface area contributed by atoms with Crippen LogP contribution < -0.4 is 10.1 Å². The summed E-state index contributed by atoms with van der Waals surface area (Å²) in [6.07, 6.45) is 1.65. The van der Waals surface area contributed by atoms with Crippen molar-refractivity contribution in [2.75, 3.05) is 12.4 Å². The van der Waals surface area contributed by atoms with Gasteiger partial charge in [-0.1, -0.05) is 22.0 Å². The summed E-state index contributed by atoms with van der Waals surface area (Å²) in [6, 6.07) is 8.46. The van der Waals surface area contributed by atoms with Gasteiger partial charge >= 0.3 is 0 Å². The Bertz CT molecular complexity index is 548. The second kappa shape index (κ2) is 5.82. The Kier molecular flexibility index (Phi) is 4.15. The minimum Gasteiger partial charge on any atom is -0.481 e. The van der Waals surface area contributed by atoms with Crippen LogP contribution >= 0.6 is 15.9 Å². The molecule has 0 spiro atoms. The number of methoxy groups -OCH3 is 1. The molecule has 1 aromatic heterocycles. The molecule has 0 aliphatic rings. The van der Waals surface area contributed by atoms with Crippen LogP contribution in [-0.2, 0) is 6.54 Å². The average Bonchev–Trinajstić information content (AvgIpc) is 2.40. The van der Waals surface area contributed by atoms with E-state index < -0.39 is 0 Å². The van der Waals surface area contributed by atoms with Crippen molar-refractivity contribution in [2.24, 2.45) is 0 Å². The Morgan fingerprint density at radius 2 is 2.22 bits per heavy atom. The molecule has 0 aliphatic carbocycles. The van der Waals surface area contributed by atoms with Gasteiger partial charge in [0.15, 0.2) is 0 Å². The number of halogens is 2. The molecule has 2 aromatic rings. The maximum Gasteiger partial charge on any atom is 0.218 e. The topological polar surface area (TPSA) is 34.1 Å². The third-order valence-corrected chi connectivity index (χ3v) is 2.93. The first-order valence-electron chi connectivity index (χ1n) is 5.37. The maximum absolute atomic E-state index is 13.5. The molecule has 3 nitrogen and oxygen atoms in total. The van der Waals surface area contributed by atoms with Crippen LogP contribution in [0.1, 0.15) is 5.56 Å². The molecule has 0 aliphatic heterocycles. The van der Waals surface area contributed by atoms with Crippen LogP contribution in [0.5, 0.6) is 5.88 Å². The average molecular weight is 311 g/mol. The van der Waals surface area contributed by atoms with Crippen molar-refractivity contribution in [1.29, 1.82) is 0 Å². The highest BCUT2D eigenvalue weighted by Crippen LogP contribution is 2.22. The predicted octanol–water partition coefficient (Wildman–Crippen LogP) is 3.60. The number of rotatable bonds is 4. The molecule has 0 atom stereocenters. The lowest BCUT2D eigenvalue weighted by atomic mass is 10.2. The maximum atomic E-state index is 13.5. The molecule has 0 unspecified atom stereocenters. The number of anilines is 1. The molecular formula is C13H12BrFN2O. The van der Waals surface area contributed by atoms with Gasteiger partial charge in [0.2, 0.25) is 5.88 Å². The van der Waals surface area contributed by atoms with Crippen LogP contribution in [0.25, 0.3) is 0 Å². The number of hydrogen-bond acceptors (Lipinski definition) is 3. The lowest BCUT2D eigenvalue weighted by molar-refractivity contribution is 0.393. The summed E-state index contributed by atoms with van der Waals surface area (Å²) in [6.45, 7) is 0.449. The van der Waals surface area contributed by atoms with Gasteiger partial charge in [0.25, 0.3) is 0 Å². The second-order valence-corrected chi connectivity index (χ2v) is 4.57. The summed E-state index contributed by atoms with van der Waals surface area (Å²) in [4.78, 5) is 4.08. The number of ether oxygens (including phenoxy) is 1. The van der Waals surface area contributed by atoms with E-state index in [1.165, 1.54) is 6.07 Å². The number of hydrogen-bond donors (Lipinski definition) is 1. The molecule has 2 rings (SSSR count). The van der Waals surface area contributed by atoms with Crippen LogP contribution in [0.3, 0.4) is 0 Å². The third kappa shape index (κ3) is 2.98. The van der Waals surface area contributed by atoms with Crippen molar-refractivity contribution in [1.82, 2.24) is 4.98 Å². The lowest BCUT2D eigenvalue weighted by Crippen LogP contribution is -2.04. The van der Waals surface area contributed by atoms with Crippen LogP contribution in [0.4, 0.5) is 10.1 Å². The summed E-state index contributed by atoms with van der Waals surface area (Å²) in [5.41, 5.74) is 1.31. The Balaban J connectivity index is 2.14. The highest BCUT2D eigenvalue weighted by Gasteiger charge is 2.06. The van der Waals surface area contributed by atoms with Crippen LogP contribution in [0.2, 0.25) is 0 Å². The summed E-state index contributed by atoms with van der Waals surface area (Å²) >= 11 is 3.31. The van der Waals surface area contributed by atoms with Gasteiger partial charge in [0, 0.05) is 22.8 Å². The minimum atomic E-state index is -0.291. The number of nitrogens with one attached hydrogen (secondary N) is 1. The molecule has 0 amide bonds. The van der Waals surface area contributed by atoms with Gasteiger partial charge in [0.1, 0.15) is 5.82 Å². The molecule has 0 saturated heterocycles. The van der Waals surface area contributed by atoms with Crippen LogP contribution in [0.15, 0.2) is 41.0 Å². The van der Waals surface area contributed by atoms with Crippen LogP contribution in [0, 0.1) is 5.82 Å². The van der Waals surface area contributed by atoms with Crippen molar-refractivity contribution in [2.45, 2.75) is 6.54 Å². The predicted molar refractivity (Wildman–Crippen MR) is 72.2 cm³/mol. The van der Waals surface area contributed by atoms with Crippen molar-refractivity contribution < 1.29 is 9.13 Å². The second-order valence-electron chi connectivity index (χ2n) is 3.65. The number of aromatic nitrogens is 1. The molecular weight excluding hydrogens is 299 g/mol. The first-order valence-corrected chi connectivity index (χ1v) is 6.17. The van der Waals surface area contributed by atoms with Crippen molar-refractivity contribution >= 4 is 21.6 Å². The number of nitrogens with zero attached hydrogens (tertiary/aromatic N) is 1. The molecule has 0 saturated carbocycles. The summed E-state index contributed by atoms with van der Waals surface area (Å²) < 4.78 is 19.5. The fourth-order valence-electron chi connectivity index (χ4n) is 1.57. The fourth-order valence-corrected chi connectivity index (χ4v) is 1.93. The van der Waals surface area contributed by atoms with E-state index in [0.717, 1.165) is 10.0 Å². The first-order chi connectivity index (χ1) is 8.70. The van der Waals surface area contributed by atoms with Crippen LogP contribution in [-0.4, -0.2) is 12.1 Å². The summed E-state index contributed by atoms with van der Waals surface area (Å²) in [7, 11) is 1.56. The smallest absolute Gasteiger partial charge is 0.218 e. The highest BCUT2D eigenvalue weighted by atomic mass is 79.9. The van der Waals surface area contributed by atoms with Gasteiger partial charge in [-0.05, 0) is 24.3 Å². The Hall–Kier alpha value is -1.62. The fraction of sp³-hybridized carbons (Fsp3) is 0.154. The van der Waals surface area contributed by atoms with Gasteiger partial charge in [-0.3, -0.25) is 0 Å². The molecule has 18 heavy (non-hydrogen) atoms. The molecule has 1 N–H and O–H groups in total. The van der Waals surface area contributed by atoms with E-state index in [9.17, 15) is 4.39 Å². The van der Waals surface area contributed by atoms with E-state index in [4.69, 9.17) is 4.74 Å². The molecule has 0 bridgehead atoms. The van der Waals surface area contributed by atoms with Crippen molar-refractivity contribution in [3.8, 4) is 5.88 Å². The summed E-state index contributed by atoms with van der Waals surface area (Å²) in [5.74, 6) is 0.251. The molecule has 0 fully saturated rings. The molecule has 1 aromatic carbocycles. The van der Waals surface area contributed by atoms with E-state index in [-0.39, 0.29) is 5.82 Å². The zero-order valence-corrected chi connectivity index (χ0v) is 11.4. The van der Waals surface area contributed by atoms with E-state index in [1.807, 2.05) is 12.1 Å². The largest absolute Gasteiger partial charge is 0.481 e. The van der Waals surface area contributed by atoms with E-state index in [2.05, 4.69) is 26.2 Å². The monoisotopic (exact) mass is 310 g/mol. The Morgan fingerprint density at radius 1 is 1.39 bits per heavy atom. The number of benzene rings is 1. The van der Waals surface area contributed by atoms with Gasteiger partial charge in [-0.25, -0.2) is 9.37 Å². The first kappa shape index (κ1) is 12.8. The minimum absolute atomic E-state index is 0.291. The van der Waals surface area contributed by atoms with Gasteiger partial charge in [0.05, 0.1) is 12.8 Å². The SMILES string of the molecule is COc1ncccc1CNc1cc(Br)ccc1F. The van der Waals surface area contributed by atoms with Crippen molar-refractivity contribution in [3.05, 3.63) is 52.4 Å². The molecule has 1 heterocycles. The Morgan fingerprint density at radius 3 is 3.00 bits per heavy atom. The zero-order chi connectivity index (χ0) is 13.0. The van der Waals surface area contributed by atoms with Gasteiger partial charge in [-0.15, -0.1) is 0 Å². The standard InChI is InChI=1S/C13H12BrFN2O/c1-18-13-9(3-2-6-16-13)8-17-12-7-10(14)4-5-11(12)15/h2-7,17H,8H2,1H3. The molecule has 94 valence electrons. The molecule has 0 radical (unpaired) electrons. The normalized spacial score (nSPS) is 10.2. The quantitative estimate of drug-likeness (QED) is 0.937. The van der Waals surface area contributed by atoms with Gasteiger partial charge in [-0.2, -0.15) is 0 Å². The zero-order valence-electron chi connectivity index (χ0n) is 9.78. The molecule has 5 heteroatoms. The summed E-state index contributed by atoms with van der Waals surface area (Å²) in [5, 5.41) is 3.02. The highest BCUT2D eigenvalue weighted by molar-refractivity contribution is 9.10. The van der Waals surface area contributed by atoms with Crippen molar-refractivity contribution in [3.63, 3.8) is 0 Å². The van der Waals surface area contributed by atoms with E-state index >= 15 is 0 Å². The lowest BCUT2D eigenvalue weighted by Gasteiger charge is -2.10. The number of pyridine rings is 1. The third-order valence-electron chi connectivity index (χ3n) is 2.44.